The topological polar surface area (TPSA) is 24.7 Å². The highest BCUT2D eigenvalue weighted by Crippen LogP contribution is 2.29. The summed E-state index contributed by atoms with van der Waals surface area (Å²) in [6, 6.07) is 16.9. The van der Waals surface area contributed by atoms with Gasteiger partial charge in [-0.2, -0.15) is 0 Å². The molecule has 2 aromatic rings. The lowest BCUT2D eigenvalue weighted by Crippen LogP contribution is -2.02. The van der Waals surface area contributed by atoms with Gasteiger partial charge in [-0.05, 0) is 42.5 Å². The molecule has 0 amide bonds. The molecular formula is C19H18N2. The molecule has 0 bridgehead atoms. The molecule has 2 aliphatic rings. The SMILES string of the molecule is c1ccc2c(c1)CC(CCCC1=Nc3ccccc3C1)=N2. The number of benzene rings is 2. The van der Waals surface area contributed by atoms with Gasteiger partial charge in [0.25, 0.3) is 0 Å². The molecule has 4 rings (SSSR count). The fourth-order valence-corrected chi connectivity index (χ4v) is 3.18. The van der Waals surface area contributed by atoms with Crippen molar-refractivity contribution < 1.29 is 0 Å². The van der Waals surface area contributed by atoms with E-state index in [0.717, 1.165) is 43.5 Å². The van der Waals surface area contributed by atoms with E-state index in [4.69, 9.17) is 9.98 Å². The zero-order chi connectivity index (χ0) is 14.1. The number of hydrogen-bond acceptors (Lipinski definition) is 2. The van der Waals surface area contributed by atoms with Gasteiger partial charge in [-0.25, -0.2) is 0 Å². The van der Waals surface area contributed by atoms with Crippen molar-refractivity contribution in [1.82, 2.24) is 0 Å². The molecule has 0 atom stereocenters. The van der Waals surface area contributed by atoms with Gasteiger partial charge < -0.3 is 0 Å². The minimum atomic E-state index is 1.03. The van der Waals surface area contributed by atoms with Gasteiger partial charge in [0, 0.05) is 24.3 Å². The lowest BCUT2D eigenvalue weighted by atomic mass is 10.0. The van der Waals surface area contributed by atoms with Crippen molar-refractivity contribution in [3.63, 3.8) is 0 Å². The molecule has 104 valence electrons. The number of aliphatic imine (C=N–C) groups is 2. The van der Waals surface area contributed by atoms with Crippen molar-refractivity contribution in [3.8, 4) is 0 Å². The maximum atomic E-state index is 4.73. The minimum Gasteiger partial charge on any atom is -0.257 e. The van der Waals surface area contributed by atoms with Crippen molar-refractivity contribution >= 4 is 22.8 Å². The van der Waals surface area contributed by atoms with Crippen LogP contribution in [0, 0.1) is 0 Å². The number of fused-ring (bicyclic) bond motifs is 2. The van der Waals surface area contributed by atoms with E-state index >= 15 is 0 Å². The number of para-hydroxylation sites is 2. The van der Waals surface area contributed by atoms with E-state index < -0.39 is 0 Å². The summed E-state index contributed by atoms with van der Waals surface area (Å²) >= 11 is 0. The van der Waals surface area contributed by atoms with Gasteiger partial charge in [-0.15, -0.1) is 0 Å². The van der Waals surface area contributed by atoms with E-state index in [1.165, 1.54) is 22.6 Å². The Balaban J connectivity index is 1.33. The first-order valence-electron chi connectivity index (χ1n) is 7.67. The molecule has 0 unspecified atom stereocenters. The average molecular weight is 274 g/mol. The fraction of sp³-hybridized carbons (Fsp3) is 0.263. The van der Waals surface area contributed by atoms with Crippen molar-refractivity contribution in [1.29, 1.82) is 0 Å². The highest BCUT2D eigenvalue weighted by molar-refractivity contribution is 5.96. The second-order valence-corrected chi connectivity index (χ2v) is 5.82. The van der Waals surface area contributed by atoms with Gasteiger partial charge in [0.05, 0.1) is 11.4 Å². The van der Waals surface area contributed by atoms with E-state index in [2.05, 4.69) is 48.5 Å². The van der Waals surface area contributed by atoms with Crippen LogP contribution in [0.3, 0.4) is 0 Å². The Morgan fingerprint density at radius 3 is 1.62 bits per heavy atom. The predicted molar refractivity (Wildman–Crippen MR) is 88.3 cm³/mol. The zero-order valence-corrected chi connectivity index (χ0v) is 12.0. The molecule has 21 heavy (non-hydrogen) atoms. The molecular weight excluding hydrogens is 256 g/mol. The second-order valence-electron chi connectivity index (χ2n) is 5.82. The van der Waals surface area contributed by atoms with Crippen LogP contribution in [-0.2, 0) is 12.8 Å². The van der Waals surface area contributed by atoms with Crippen LogP contribution in [0.2, 0.25) is 0 Å². The van der Waals surface area contributed by atoms with E-state index in [-0.39, 0.29) is 0 Å². The second kappa shape index (κ2) is 5.28. The summed E-state index contributed by atoms with van der Waals surface area (Å²) < 4.78 is 0. The van der Waals surface area contributed by atoms with Crippen molar-refractivity contribution in [3.05, 3.63) is 59.7 Å². The Labute approximate surface area is 125 Å². The third-order valence-corrected chi connectivity index (χ3v) is 4.26. The molecule has 2 nitrogen and oxygen atoms in total. The lowest BCUT2D eigenvalue weighted by molar-refractivity contribution is 0.906. The van der Waals surface area contributed by atoms with Crippen molar-refractivity contribution in [2.45, 2.75) is 32.1 Å². The highest BCUT2D eigenvalue weighted by atomic mass is 14.8. The summed E-state index contributed by atoms with van der Waals surface area (Å²) in [5.74, 6) is 0. The standard InChI is InChI=1S/C19H18N2/c1-3-10-18-14(6-1)12-16(20-18)8-5-9-17-13-15-7-2-4-11-19(15)21-17/h1-4,6-7,10-11H,5,8-9,12-13H2. The third kappa shape index (κ3) is 2.54. The van der Waals surface area contributed by atoms with Crippen LogP contribution < -0.4 is 0 Å². The van der Waals surface area contributed by atoms with Crippen LogP contribution in [0.5, 0.6) is 0 Å². The van der Waals surface area contributed by atoms with Gasteiger partial charge in [0.1, 0.15) is 0 Å². The molecule has 2 heteroatoms. The molecule has 2 aromatic carbocycles. The Bertz CT molecular complexity index is 677. The van der Waals surface area contributed by atoms with Crippen LogP contribution in [-0.4, -0.2) is 11.4 Å². The first-order valence-corrected chi connectivity index (χ1v) is 7.67. The predicted octanol–water partition coefficient (Wildman–Crippen LogP) is 4.81. The summed E-state index contributed by atoms with van der Waals surface area (Å²) in [6.07, 6.45) is 5.39. The summed E-state index contributed by atoms with van der Waals surface area (Å²) in [6.45, 7) is 0. The smallest absolute Gasteiger partial charge is 0.0664 e. The summed E-state index contributed by atoms with van der Waals surface area (Å²) in [5.41, 5.74) is 7.73. The van der Waals surface area contributed by atoms with Crippen molar-refractivity contribution in [2.24, 2.45) is 9.98 Å². The first kappa shape index (κ1) is 12.5. The summed E-state index contributed by atoms with van der Waals surface area (Å²) in [7, 11) is 0. The Morgan fingerprint density at radius 2 is 1.14 bits per heavy atom. The molecule has 2 heterocycles. The lowest BCUT2D eigenvalue weighted by Gasteiger charge is -2.01. The average Bonchev–Trinajstić information content (AvgIpc) is 3.09. The van der Waals surface area contributed by atoms with E-state index in [9.17, 15) is 0 Å². The van der Waals surface area contributed by atoms with E-state index in [0.29, 0.717) is 0 Å². The van der Waals surface area contributed by atoms with Gasteiger partial charge in [-0.1, -0.05) is 36.4 Å². The third-order valence-electron chi connectivity index (χ3n) is 4.26. The number of nitrogens with zero attached hydrogens (tertiary/aromatic N) is 2. The minimum absolute atomic E-state index is 1.03. The first-order chi connectivity index (χ1) is 10.4. The van der Waals surface area contributed by atoms with E-state index in [1.807, 2.05) is 0 Å². The highest BCUT2D eigenvalue weighted by Gasteiger charge is 2.16. The van der Waals surface area contributed by atoms with E-state index in [1.54, 1.807) is 0 Å². The molecule has 0 spiro atoms. The van der Waals surface area contributed by atoms with Crippen LogP contribution in [0.1, 0.15) is 30.4 Å². The monoisotopic (exact) mass is 274 g/mol. The quantitative estimate of drug-likeness (QED) is 0.764. The maximum Gasteiger partial charge on any atom is 0.0664 e. The maximum absolute atomic E-state index is 4.73. The largest absolute Gasteiger partial charge is 0.257 e. The molecule has 0 saturated heterocycles. The van der Waals surface area contributed by atoms with Gasteiger partial charge in [0.2, 0.25) is 0 Å². The van der Waals surface area contributed by atoms with Gasteiger partial charge in [0.15, 0.2) is 0 Å². The summed E-state index contributed by atoms with van der Waals surface area (Å²) in [5, 5.41) is 0. The summed E-state index contributed by atoms with van der Waals surface area (Å²) in [4.78, 5) is 9.46. The van der Waals surface area contributed by atoms with Crippen LogP contribution in [0.4, 0.5) is 11.4 Å². The number of hydrogen-bond donors (Lipinski definition) is 0. The van der Waals surface area contributed by atoms with Gasteiger partial charge in [-0.3, -0.25) is 9.98 Å². The Kier molecular flexibility index (Phi) is 3.15. The Hall–Kier alpha value is -2.22. The Morgan fingerprint density at radius 1 is 0.667 bits per heavy atom. The zero-order valence-electron chi connectivity index (χ0n) is 12.0. The van der Waals surface area contributed by atoms with Crippen LogP contribution in [0.25, 0.3) is 0 Å². The number of rotatable bonds is 4. The fourth-order valence-electron chi connectivity index (χ4n) is 3.18. The molecule has 2 aliphatic heterocycles. The molecule has 0 N–H and O–H groups in total. The van der Waals surface area contributed by atoms with Gasteiger partial charge >= 0.3 is 0 Å². The van der Waals surface area contributed by atoms with Crippen LogP contribution >= 0.6 is 0 Å². The molecule has 0 fully saturated rings. The molecule has 0 saturated carbocycles. The molecule has 0 aromatic heterocycles. The van der Waals surface area contributed by atoms with Crippen molar-refractivity contribution in [2.75, 3.05) is 0 Å². The molecule has 0 radical (unpaired) electrons. The normalized spacial score (nSPS) is 15.4. The van der Waals surface area contributed by atoms with Crippen LogP contribution in [0.15, 0.2) is 58.5 Å². The molecule has 0 aliphatic carbocycles.